The lowest BCUT2D eigenvalue weighted by Gasteiger charge is -2.35. The molecule has 0 bridgehead atoms. The molecule has 1 nitrogen and oxygen atoms in total. The summed E-state index contributed by atoms with van der Waals surface area (Å²) >= 11 is 5.21. The van der Waals surface area contributed by atoms with E-state index in [1.807, 2.05) is 6.92 Å². The van der Waals surface area contributed by atoms with Crippen molar-refractivity contribution in [3.05, 3.63) is 20.8 Å². The summed E-state index contributed by atoms with van der Waals surface area (Å²) in [7, 11) is 0. The number of hydrogen-bond acceptors (Lipinski definition) is 2. The quantitative estimate of drug-likeness (QED) is 0.878. The van der Waals surface area contributed by atoms with Gasteiger partial charge in [-0.15, -0.1) is 11.3 Å². The fourth-order valence-corrected chi connectivity index (χ4v) is 4.31. The van der Waals surface area contributed by atoms with Crippen LogP contribution in [0.3, 0.4) is 0 Å². The topological polar surface area (TPSA) is 20.2 Å². The molecule has 0 saturated heterocycles. The van der Waals surface area contributed by atoms with E-state index in [1.165, 1.54) is 37.0 Å². The van der Waals surface area contributed by atoms with Gasteiger partial charge in [0.25, 0.3) is 0 Å². The van der Waals surface area contributed by atoms with E-state index in [1.54, 1.807) is 11.3 Å². The Hall–Kier alpha value is 0.140. The third kappa shape index (κ3) is 3.08. The van der Waals surface area contributed by atoms with Crippen molar-refractivity contribution in [2.75, 3.05) is 0 Å². The zero-order chi connectivity index (χ0) is 11.6. The second-order valence-electron chi connectivity index (χ2n) is 5.07. The molecule has 1 heterocycles. The second kappa shape index (κ2) is 5.19. The summed E-state index contributed by atoms with van der Waals surface area (Å²) in [6.45, 7) is 2.01. The van der Waals surface area contributed by atoms with Gasteiger partial charge in [0.1, 0.15) is 0 Å². The Morgan fingerprint density at radius 1 is 1.38 bits per heavy atom. The summed E-state index contributed by atoms with van der Waals surface area (Å²) in [6, 6.07) is 4.18. The van der Waals surface area contributed by atoms with E-state index in [9.17, 15) is 5.11 Å². The summed E-state index contributed by atoms with van der Waals surface area (Å²) in [5, 5.41) is 10.6. The van der Waals surface area contributed by atoms with E-state index in [0.717, 1.165) is 10.2 Å². The Labute approximate surface area is 110 Å². The van der Waals surface area contributed by atoms with E-state index < -0.39 is 5.60 Å². The molecule has 1 saturated carbocycles. The number of rotatable bonds is 3. The SMILES string of the molecule is CC(O)(Cc1ccc(Br)s1)C1CCCCC1. The molecule has 3 heteroatoms. The summed E-state index contributed by atoms with van der Waals surface area (Å²) in [4.78, 5) is 1.28. The highest BCUT2D eigenvalue weighted by molar-refractivity contribution is 9.11. The van der Waals surface area contributed by atoms with Gasteiger partial charge in [-0.3, -0.25) is 0 Å². The van der Waals surface area contributed by atoms with Gasteiger partial charge >= 0.3 is 0 Å². The average Bonchev–Trinajstić information content (AvgIpc) is 2.64. The summed E-state index contributed by atoms with van der Waals surface area (Å²) in [6.07, 6.45) is 7.11. The Kier molecular flexibility index (Phi) is 4.09. The van der Waals surface area contributed by atoms with Crippen molar-refractivity contribution < 1.29 is 5.11 Å². The van der Waals surface area contributed by atoms with E-state index in [0.29, 0.717) is 5.92 Å². The predicted octanol–water partition coefficient (Wildman–Crippen LogP) is 4.38. The molecule has 1 aliphatic carbocycles. The van der Waals surface area contributed by atoms with Crippen molar-refractivity contribution in [3.63, 3.8) is 0 Å². The molecule has 2 rings (SSSR count). The number of aliphatic hydroxyl groups is 1. The van der Waals surface area contributed by atoms with Gasteiger partial charge in [0.15, 0.2) is 0 Å². The molecule has 1 atom stereocenters. The van der Waals surface area contributed by atoms with Crippen LogP contribution in [0.5, 0.6) is 0 Å². The van der Waals surface area contributed by atoms with Crippen LogP contribution < -0.4 is 0 Å². The zero-order valence-corrected chi connectivity index (χ0v) is 12.1. The van der Waals surface area contributed by atoms with Crippen LogP contribution >= 0.6 is 27.3 Å². The minimum absolute atomic E-state index is 0.488. The van der Waals surface area contributed by atoms with Gasteiger partial charge in [-0.25, -0.2) is 0 Å². The molecule has 0 spiro atoms. The summed E-state index contributed by atoms with van der Waals surface area (Å²) in [5.74, 6) is 0.488. The van der Waals surface area contributed by atoms with Crippen LogP contribution in [0.15, 0.2) is 15.9 Å². The molecule has 1 aromatic heterocycles. The number of hydrogen-bond donors (Lipinski definition) is 1. The minimum atomic E-state index is -0.523. The van der Waals surface area contributed by atoms with Gasteiger partial charge in [-0.2, -0.15) is 0 Å². The molecule has 1 aliphatic rings. The van der Waals surface area contributed by atoms with Gasteiger partial charge in [0.05, 0.1) is 9.39 Å². The molecule has 0 radical (unpaired) electrons. The molecule has 0 aromatic carbocycles. The third-order valence-electron chi connectivity index (χ3n) is 3.65. The first kappa shape index (κ1) is 12.6. The van der Waals surface area contributed by atoms with Crippen molar-refractivity contribution in [2.45, 2.75) is 51.0 Å². The highest BCUT2D eigenvalue weighted by Gasteiger charge is 2.33. The second-order valence-corrected chi connectivity index (χ2v) is 7.62. The summed E-state index contributed by atoms with van der Waals surface area (Å²) in [5.41, 5.74) is -0.523. The standard InChI is InChI=1S/C13H19BrOS/c1-13(15,10-5-3-2-4-6-10)9-11-7-8-12(14)16-11/h7-8,10,15H,2-6,9H2,1H3. The maximum Gasteiger partial charge on any atom is 0.0701 e. The normalized spacial score (nSPS) is 21.9. The monoisotopic (exact) mass is 302 g/mol. The Morgan fingerprint density at radius 2 is 2.06 bits per heavy atom. The van der Waals surface area contributed by atoms with Crippen molar-refractivity contribution >= 4 is 27.3 Å². The van der Waals surface area contributed by atoms with Gasteiger partial charge in [-0.1, -0.05) is 19.3 Å². The first-order valence-corrected chi connectivity index (χ1v) is 7.65. The highest BCUT2D eigenvalue weighted by Crippen LogP contribution is 2.36. The lowest BCUT2D eigenvalue weighted by Crippen LogP contribution is -2.37. The molecular weight excluding hydrogens is 284 g/mol. The van der Waals surface area contributed by atoms with Crippen molar-refractivity contribution in [2.24, 2.45) is 5.92 Å². The molecule has 1 aromatic rings. The van der Waals surface area contributed by atoms with Crippen LogP contribution in [0.25, 0.3) is 0 Å². The molecule has 0 aliphatic heterocycles. The molecule has 1 fully saturated rings. The lowest BCUT2D eigenvalue weighted by molar-refractivity contribution is -0.0153. The molecule has 1 unspecified atom stereocenters. The van der Waals surface area contributed by atoms with Crippen LogP contribution in [0.1, 0.15) is 43.9 Å². The van der Waals surface area contributed by atoms with Crippen LogP contribution in [0.2, 0.25) is 0 Å². The largest absolute Gasteiger partial charge is 0.390 e. The lowest BCUT2D eigenvalue weighted by atomic mass is 9.76. The van der Waals surface area contributed by atoms with Crippen LogP contribution in [-0.2, 0) is 6.42 Å². The number of thiophene rings is 1. The van der Waals surface area contributed by atoms with Crippen molar-refractivity contribution in [3.8, 4) is 0 Å². The first-order valence-electron chi connectivity index (χ1n) is 6.04. The Morgan fingerprint density at radius 3 is 2.62 bits per heavy atom. The Balaban J connectivity index is 2.00. The van der Waals surface area contributed by atoms with Crippen LogP contribution in [0, 0.1) is 5.92 Å². The van der Waals surface area contributed by atoms with Crippen molar-refractivity contribution in [1.82, 2.24) is 0 Å². The number of halogens is 1. The molecular formula is C13H19BrOS. The van der Waals surface area contributed by atoms with Gasteiger partial charge < -0.3 is 5.11 Å². The molecule has 1 N–H and O–H groups in total. The fraction of sp³-hybridized carbons (Fsp3) is 0.692. The molecule has 90 valence electrons. The fourth-order valence-electron chi connectivity index (χ4n) is 2.67. The van der Waals surface area contributed by atoms with E-state index in [4.69, 9.17) is 0 Å². The van der Waals surface area contributed by atoms with E-state index in [-0.39, 0.29) is 0 Å². The maximum atomic E-state index is 10.6. The smallest absolute Gasteiger partial charge is 0.0701 e. The van der Waals surface area contributed by atoms with Gasteiger partial charge in [-0.05, 0) is 53.7 Å². The van der Waals surface area contributed by atoms with E-state index in [2.05, 4.69) is 28.1 Å². The highest BCUT2D eigenvalue weighted by atomic mass is 79.9. The van der Waals surface area contributed by atoms with Crippen molar-refractivity contribution in [1.29, 1.82) is 0 Å². The predicted molar refractivity (Wildman–Crippen MR) is 72.9 cm³/mol. The first-order chi connectivity index (χ1) is 7.58. The summed E-state index contributed by atoms with van der Waals surface area (Å²) < 4.78 is 1.15. The van der Waals surface area contributed by atoms with Gasteiger partial charge in [0.2, 0.25) is 0 Å². The average molecular weight is 303 g/mol. The Bertz CT molecular complexity index is 339. The molecule has 0 amide bonds. The zero-order valence-electron chi connectivity index (χ0n) is 9.71. The minimum Gasteiger partial charge on any atom is -0.390 e. The van der Waals surface area contributed by atoms with Crippen LogP contribution in [0.4, 0.5) is 0 Å². The van der Waals surface area contributed by atoms with Gasteiger partial charge in [0, 0.05) is 11.3 Å². The third-order valence-corrected chi connectivity index (χ3v) is 5.27. The van der Waals surface area contributed by atoms with Crippen LogP contribution in [-0.4, -0.2) is 10.7 Å². The maximum absolute atomic E-state index is 10.6. The molecule has 16 heavy (non-hydrogen) atoms. The van der Waals surface area contributed by atoms with E-state index >= 15 is 0 Å².